The van der Waals surface area contributed by atoms with Crippen LogP contribution in [0.15, 0.2) is 4.99 Å². The molecule has 2 N–H and O–H groups in total. The van der Waals surface area contributed by atoms with Gasteiger partial charge in [0.2, 0.25) is 5.91 Å². The number of nitrogens with one attached hydrogen (secondary N) is 2. The van der Waals surface area contributed by atoms with E-state index in [2.05, 4.69) is 20.5 Å². The normalized spacial score (nSPS) is 28.7. The maximum atomic E-state index is 11.8. The zero-order chi connectivity index (χ0) is 12.5. The number of carbonyl (C=O) groups is 1. The number of aliphatic imine (C=N–C) groups is 1. The number of likely N-dealkylation sites (tertiary alicyclic amines) is 1. The SMILES string of the molecule is CN=C(NCC1CC(=O)N(C2CC2)C1)NC1CC1. The molecule has 2 saturated carbocycles. The lowest BCUT2D eigenvalue weighted by molar-refractivity contribution is -0.128. The van der Waals surface area contributed by atoms with Crippen LogP contribution in [0.25, 0.3) is 0 Å². The molecular weight excluding hydrogens is 228 g/mol. The molecule has 0 aromatic carbocycles. The van der Waals surface area contributed by atoms with E-state index in [9.17, 15) is 4.79 Å². The van der Waals surface area contributed by atoms with E-state index < -0.39 is 0 Å². The van der Waals surface area contributed by atoms with Crippen LogP contribution in [0, 0.1) is 5.92 Å². The molecule has 3 rings (SSSR count). The van der Waals surface area contributed by atoms with Crippen molar-refractivity contribution in [3.63, 3.8) is 0 Å². The van der Waals surface area contributed by atoms with Gasteiger partial charge in [-0.3, -0.25) is 9.79 Å². The summed E-state index contributed by atoms with van der Waals surface area (Å²) in [5.74, 6) is 1.67. The van der Waals surface area contributed by atoms with E-state index in [1.54, 1.807) is 7.05 Å². The van der Waals surface area contributed by atoms with Gasteiger partial charge < -0.3 is 15.5 Å². The van der Waals surface area contributed by atoms with E-state index in [-0.39, 0.29) is 0 Å². The molecule has 0 spiro atoms. The fraction of sp³-hybridized carbons (Fsp3) is 0.846. The van der Waals surface area contributed by atoms with Gasteiger partial charge in [-0.1, -0.05) is 0 Å². The van der Waals surface area contributed by atoms with Crippen LogP contribution in [-0.2, 0) is 4.79 Å². The number of guanidine groups is 1. The Labute approximate surface area is 108 Å². The molecule has 1 amide bonds. The molecule has 0 aromatic rings. The highest BCUT2D eigenvalue weighted by molar-refractivity contribution is 5.81. The minimum Gasteiger partial charge on any atom is -0.356 e. The van der Waals surface area contributed by atoms with Crippen molar-refractivity contribution in [2.45, 2.75) is 44.2 Å². The van der Waals surface area contributed by atoms with Crippen LogP contribution in [0.1, 0.15) is 32.1 Å². The van der Waals surface area contributed by atoms with Gasteiger partial charge in [0.15, 0.2) is 5.96 Å². The topological polar surface area (TPSA) is 56.7 Å². The smallest absolute Gasteiger partial charge is 0.223 e. The highest BCUT2D eigenvalue weighted by atomic mass is 16.2. The van der Waals surface area contributed by atoms with Crippen LogP contribution in [0.5, 0.6) is 0 Å². The van der Waals surface area contributed by atoms with Crippen molar-refractivity contribution in [3.8, 4) is 0 Å². The molecule has 5 heteroatoms. The Morgan fingerprint density at radius 1 is 1.39 bits per heavy atom. The third kappa shape index (κ3) is 2.76. The highest BCUT2D eigenvalue weighted by Crippen LogP contribution is 2.32. The van der Waals surface area contributed by atoms with Gasteiger partial charge in [0.25, 0.3) is 0 Å². The summed E-state index contributed by atoms with van der Waals surface area (Å²) in [6.07, 6.45) is 5.60. The fourth-order valence-electron chi connectivity index (χ4n) is 2.54. The molecule has 5 nitrogen and oxygen atoms in total. The third-order valence-corrected chi connectivity index (χ3v) is 3.93. The number of amides is 1. The summed E-state index contributed by atoms with van der Waals surface area (Å²) < 4.78 is 0. The van der Waals surface area contributed by atoms with Crippen molar-refractivity contribution in [2.24, 2.45) is 10.9 Å². The quantitative estimate of drug-likeness (QED) is 0.558. The van der Waals surface area contributed by atoms with Crippen LogP contribution in [0.2, 0.25) is 0 Å². The first-order valence-electron chi connectivity index (χ1n) is 7.03. The second-order valence-electron chi connectivity index (χ2n) is 5.72. The monoisotopic (exact) mass is 250 g/mol. The number of hydrogen-bond donors (Lipinski definition) is 2. The number of carbonyl (C=O) groups excluding carboxylic acids is 1. The zero-order valence-electron chi connectivity index (χ0n) is 11.0. The van der Waals surface area contributed by atoms with Gasteiger partial charge in [-0.15, -0.1) is 0 Å². The molecule has 0 aromatic heterocycles. The second-order valence-corrected chi connectivity index (χ2v) is 5.72. The summed E-state index contributed by atoms with van der Waals surface area (Å²) in [6.45, 7) is 1.78. The Kier molecular flexibility index (Phi) is 3.14. The molecular formula is C13H22N4O. The Morgan fingerprint density at radius 3 is 2.78 bits per heavy atom. The average molecular weight is 250 g/mol. The van der Waals surface area contributed by atoms with Gasteiger partial charge >= 0.3 is 0 Å². The average Bonchev–Trinajstić information content (AvgIpc) is 3.25. The van der Waals surface area contributed by atoms with E-state index in [4.69, 9.17) is 0 Å². The van der Waals surface area contributed by atoms with Gasteiger partial charge in [-0.05, 0) is 25.7 Å². The molecule has 3 aliphatic rings. The summed E-state index contributed by atoms with van der Waals surface area (Å²) in [5, 5.41) is 6.71. The Bertz CT molecular complexity index is 360. The van der Waals surface area contributed by atoms with Crippen LogP contribution in [0.4, 0.5) is 0 Å². The largest absolute Gasteiger partial charge is 0.356 e. The van der Waals surface area contributed by atoms with Crippen molar-refractivity contribution < 1.29 is 4.79 Å². The molecule has 1 saturated heterocycles. The molecule has 0 bridgehead atoms. The van der Waals surface area contributed by atoms with Crippen molar-refractivity contribution in [2.75, 3.05) is 20.1 Å². The van der Waals surface area contributed by atoms with Crippen molar-refractivity contribution in [1.82, 2.24) is 15.5 Å². The van der Waals surface area contributed by atoms with Crippen molar-refractivity contribution in [3.05, 3.63) is 0 Å². The number of nitrogens with zero attached hydrogens (tertiary/aromatic N) is 2. The summed E-state index contributed by atoms with van der Waals surface area (Å²) in [7, 11) is 1.80. The van der Waals surface area contributed by atoms with Crippen LogP contribution in [0.3, 0.4) is 0 Å². The summed E-state index contributed by atoms with van der Waals surface area (Å²) in [5.41, 5.74) is 0. The summed E-state index contributed by atoms with van der Waals surface area (Å²) >= 11 is 0. The molecule has 1 aliphatic heterocycles. The molecule has 100 valence electrons. The molecule has 2 aliphatic carbocycles. The number of rotatable bonds is 4. The van der Waals surface area contributed by atoms with Gasteiger partial charge in [-0.2, -0.15) is 0 Å². The predicted molar refractivity (Wildman–Crippen MR) is 70.4 cm³/mol. The van der Waals surface area contributed by atoms with E-state index in [1.807, 2.05) is 0 Å². The number of hydrogen-bond acceptors (Lipinski definition) is 2. The fourth-order valence-corrected chi connectivity index (χ4v) is 2.54. The standard InChI is InChI=1S/C13H22N4O/c1-14-13(16-10-2-3-10)15-7-9-6-12(18)17(8-9)11-4-5-11/h9-11H,2-8H2,1H3,(H2,14,15,16). The van der Waals surface area contributed by atoms with Crippen molar-refractivity contribution >= 4 is 11.9 Å². The first-order valence-corrected chi connectivity index (χ1v) is 7.03. The zero-order valence-corrected chi connectivity index (χ0v) is 11.0. The first kappa shape index (κ1) is 11.8. The Morgan fingerprint density at radius 2 is 2.17 bits per heavy atom. The lowest BCUT2D eigenvalue weighted by atomic mass is 10.1. The maximum absolute atomic E-state index is 11.8. The van der Waals surface area contributed by atoms with Gasteiger partial charge in [-0.25, -0.2) is 0 Å². The third-order valence-electron chi connectivity index (χ3n) is 3.93. The maximum Gasteiger partial charge on any atom is 0.223 e. The van der Waals surface area contributed by atoms with E-state index in [1.165, 1.54) is 25.7 Å². The van der Waals surface area contributed by atoms with E-state index in [0.29, 0.717) is 30.3 Å². The van der Waals surface area contributed by atoms with Gasteiger partial charge in [0, 0.05) is 44.6 Å². The predicted octanol–water partition coefficient (Wildman–Crippen LogP) is 0.325. The highest BCUT2D eigenvalue weighted by Gasteiger charge is 2.39. The Balaban J connectivity index is 1.43. The molecule has 0 radical (unpaired) electrons. The minimum atomic E-state index is 0.342. The summed E-state index contributed by atoms with van der Waals surface area (Å²) in [6, 6.07) is 1.18. The molecule has 1 unspecified atom stereocenters. The Hall–Kier alpha value is -1.26. The summed E-state index contributed by atoms with van der Waals surface area (Å²) in [4.78, 5) is 18.1. The molecule has 1 atom stereocenters. The second kappa shape index (κ2) is 4.78. The van der Waals surface area contributed by atoms with Gasteiger partial charge in [0.05, 0.1) is 0 Å². The van der Waals surface area contributed by atoms with Crippen LogP contribution >= 0.6 is 0 Å². The van der Waals surface area contributed by atoms with Crippen LogP contribution in [-0.4, -0.2) is 49.0 Å². The van der Waals surface area contributed by atoms with Gasteiger partial charge in [0.1, 0.15) is 0 Å². The molecule has 1 heterocycles. The molecule has 18 heavy (non-hydrogen) atoms. The lowest BCUT2D eigenvalue weighted by Crippen LogP contribution is -2.41. The lowest BCUT2D eigenvalue weighted by Gasteiger charge is -2.17. The molecule has 3 fully saturated rings. The van der Waals surface area contributed by atoms with Crippen LogP contribution < -0.4 is 10.6 Å². The minimum absolute atomic E-state index is 0.342. The van der Waals surface area contributed by atoms with E-state index in [0.717, 1.165) is 19.0 Å². The van der Waals surface area contributed by atoms with E-state index >= 15 is 0 Å². The first-order chi connectivity index (χ1) is 8.76. The van der Waals surface area contributed by atoms with Crippen molar-refractivity contribution in [1.29, 1.82) is 0 Å².